The largest absolute Gasteiger partial charge is 0.353 e. The van der Waals surface area contributed by atoms with Crippen molar-refractivity contribution in [1.29, 1.82) is 0 Å². The van der Waals surface area contributed by atoms with Gasteiger partial charge >= 0.3 is 6.03 Å². The molecule has 0 heterocycles. The zero-order valence-electron chi connectivity index (χ0n) is 15.5. The lowest BCUT2D eigenvalue weighted by Crippen LogP contribution is -2.31. The number of hydrogen-bond donors (Lipinski definition) is 2. The van der Waals surface area contributed by atoms with Gasteiger partial charge in [0.2, 0.25) is 0 Å². The van der Waals surface area contributed by atoms with E-state index in [-0.39, 0.29) is 12.3 Å². The number of benzene rings is 1. The highest BCUT2D eigenvalue weighted by Gasteiger charge is 2.11. The summed E-state index contributed by atoms with van der Waals surface area (Å²) in [4.78, 5) is 12.2. The Balaban J connectivity index is 2.44. The van der Waals surface area contributed by atoms with Crippen LogP contribution in [0.2, 0.25) is 0 Å². The molecule has 0 unspecified atom stereocenters. The molecule has 2 N–H and O–H groups in total. The molecule has 0 spiro atoms. The maximum absolute atomic E-state index is 12.2. The summed E-state index contributed by atoms with van der Waals surface area (Å²) in [6.07, 6.45) is 3.20. The number of carbonyl (C=O) groups is 1. The van der Waals surface area contributed by atoms with Gasteiger partial charge in [-0.05, 0) is 44.2 Å². The van der Waals surface area contributed by atoms with Crippen LogP contribution >= 0.6 is 0 Å². The lowest BCUT2D eigenvalue weighted by molar-refractivity contribution is -0.139. The lowest BCUT2D eigenvalue weighted by atomic mass is 10.0. The highest BCUT2D eigenvalue weighted by Crippen LogP contribution is 2.22. The average Bonchev–Trinajstić information content (AvgIpc) is 2.59. The van der Waals surface area contributed by atoms with Gasteiger partial charge in [-0.1, -0.05) is 32.0 Å². The molecule has 1 aromatic rings. The molecule has 5 heteroatoms. The van der Waals surface area contributed by atoms with Crippen molar-refractivity contribution in [2.45, 2.75) is 59.7 Å². The van der Waals surface area contributed by atoms with Crippen molar-refractivity contribution >= 4 is 11.7 Å². The van der Waals surface area contributed by atoms with Crippen LogP contribution in [0.5, 0.6) is 0 Å². The Labute approximate surface area is 146 Å². The first-order valence-electron chi connectivity index (χ1n) is 9.04. The number of para-hydroxylation sites is 1. The van der Waals surface area contributed by atoms with E-state index in [0.29, 0.717) is 19.8 Å². The second-order valence-electron chi connectivity index (χ2n) is 5.52. The first-order chi connectivity index (χ1) is 11.7. The quantitative estimate of drug-likeness (QED) is 0.472. The van der Waals surface area contributed by atoms with Crippen molar-refractivity contribution < 1.29 is 14.3 Å². The van der Waals surface area contributed by atoms with Crippen LogP contribution in [0.25, 0.3) is 0 Å². The minimum atomic E-state index is -0.183. The van der Waals surface area contributed by atoms with Crippen molar-refractivity contribution in [2.75, 3.05) is 25.1 Å². The predicted molar refractivity (Wildman–Crippen MR) is 98.5 cm³/mol. The van der Waals surface area contributed by atoms with E-state index in [9.17, 15) is 4.79 Å². The van der Waals surface area contributed by atoms with Crippen molar-refractivity contribution in [3.8, 4) is 0 Å². The number of ether oxygens (including phenoxy) is 2. The van der Waals surface area contributed by atoms with Gasteiger partial charge in [-0.25, -0.2) is 4.79 Å². The van der Waals surface area contributed by atoms with E-state index in [1.165, 1.54) is 0 Å². The van der Waals surface area contributed by atoms with E-state index in [1.807, 2.05) is 19.9 Å². The highest BCUT2D eigenvalue weighted by molar-refractivity contribution is 5.91. The third-order valence-corrected chi connectivity index (χ3v) is 3.84. The van der Waals surface area contributed by atoms with Gasteiger partial charge in [0.05, 0.1) is 0 Å². The zero-order valence-corrected chi connectivity index (χ0v) is 15.5. The van der Waals surface area contributed by atoms with Crippen molar-refractivity contribution in [2.24, 2.45) is 0 Å². The van der Waals surface area contributed by atoms with Crippen molar-refractivity contribution in [3.63, 3.8) is 0 Å². The number of rotatable bonds is 11. The molecule has 1 aromatic carbocycles. The number of carbonyl (C=O) groups excluding carboxylic acids is 1. The molecule has 0 atom stereocenters. The van der Waals surface area contributed by atoms with Crippen LogP contribution in [-0.4, -0.2) is 32.1 Å². The standard InChI is InChI=1S/C19H32N2O3/c1-5-15-11-9-12-16(6-2)18(15)21-19(22)20-14-10-13-17(23-7-3)24-8-4/h9,11-12,17H,5-8,10,13-14H2,1-4H3,(H2,20,21,22). The summed E-state index contributed by atoms with van der Waals surface area (Å²) in [5, 5.41) is 5.92. The summed E-state index contributed by atoms with van der Waals surface area (Å²) >= 11 is 0. The third-order valence-electron chi connectivity index (χ3n) is 3.84. The first kappa shape index (κ1) is 20.5. The average molecular weight is 336 g/mol. The molecule has 0 aromatic heterocycles. The molecule has 0 radical (unpaired) electrons. The Kier molecular flexibility index (Phi) is 10.1. The van der Waals surface area contributed by atoms with Crippen LogP contribution < -0.4 is 10.6 Å². The smallest absolute Gasteiger partial charge is 0.319 e. The predicted octanol–water partition coefficient (Wildman–Crippen LogP) is 4.11. The summed E-state index contributed by atoms with van der Waals surface area (Å²) in [5.74, 6) is 0. The fourth-order valence-corrected chi connectivity index (χ4v) is 2.62. The normalized spacial score (nSPS) is 10.9. The SMILES string of the molecule is CCOC(CCCNC(=O)Nc1c(CC)cccc1CC)OCC. The molecule has 0 aliphatic heterocycles. The molecule has 136 valence electrons. The monoisotopic (exact) mass is 336 g/mol. The molecule has 1 rings (SSSR count). The summed E-state index contributed by atoms with van der Waals surface area (Å²) in [6, 6.07) is 6.00. The van der Waals surface area contributed by atoms with Crippen LogP contribution in [-0.2, 0) is 22.3 Å². The molecule has 0 saturated carbocycles. The van der Waals surface area contributed by atoms with Gasteiger partial charge in [0.1, 0.15) is 0 Å². The van der Waals surface area contributed by atoms with Crippen LogP contribution in [0.15, 0.2) is 18.2 Å². The van der Waals surface area contributed by atoms with Gasteiger partial charge < -0.3 is 20.1 Å². The fraction of sp³-hybridized carbons (Fsp3) is 0.632. The first-order valence-corrected chi connectivity index (χ1v) is 9.04. The van der Waals surface area contributed by atoms with E-state index >= 15 is 0 Å². The molecular formula is C19H32N2O3. The maximum atomic E-state index is 12.2. The number of urea groups is 1. The topological polar surface area (TPSA) is 59.6 Å². The highest BCUT2D eigenvalue weighted by atomic mass is 16.7. The molecular weight excluding hydrogens is 304 g/mol. The molecule has 5 nitrogen and oxygen atoms in total. The number of amides is 2. The lowest BCUT2D eigenvalue weighted by Gasteiger charge is -2.17. The molecule has 24 heavy (non-hydrogen) atoms. The summed E-state index contributed by atoms with van der Waals surface area (Å²) in [6.45, 7) is 9.96. The molecule has 0 fully saturated rings. The second-order valence-corrected chi connectivity index (χ2v) is 5.52. The Morgan fingerprint density at radius 2 is 1.62 bits per heavy atom. The minimum absolute atomic E-state index is 0.157. The summed E-state index contributed by atoms with van der Waals surface area (Å²) < 4.78 is 11.0. The van der Waals surface area contributed by atoms with Crippen LogP contribution in [0.3, 0.4) is 0 Å². The van der Waals surface area contributed by atoms with Gasteiger partial charge in [-0.2, -0.15) is 0 Å². The van der Waals surface area contributed by atoms with Crippen LogP contribution in [0.4, 0.5) is 10.5 Å². The van der Waals surface area contributed by atoms with E-state index in [1.54, 1.807) is 0 Å². The van der Waals surface area contributed by atoms with Gasteiger partial charge in [-0.3, -0.25) is 0 Å². The Morgan fingerprint density at radius 3 is 2.12 bits per heavy atom. The number of nitrogens with one attached hydrogen (secondary N) is 2. The van der Waals surface area contributed by atoms with E-state index < -0.39 is 0 Å². The van der Waals surface area contributed by atoms with E-state index in [4.69, 9.17) is 9.47 Å². The molecule has 0 aliphatic carbocycles. The maximum Gasteiger partial charge on any atom is 0.319 e. The fourth-order valence-electron chi connectivity index (χ4n) is 2.62. The third kappa shape index (κ3) is 6.89. The number of anilines is 1. The number of aryl methyl sites for hydroxylation is 2. The Morgan fingerprint density at radius 1 is 1.04 bits per heavy atom. The molecule has 0 aliphatic rings. The molecule has 2 amide bonds. The van der Waals surface area contributed by atoms with Crippen LogP contribution in [0.1, 0.15) is 51.7 Å². The van der Waals surface area contributed by atoms with Gasteiger partial charge in [-0.15, -0.1) is 0 Å². The van der Waals surface area contributed by atoms with Gasteiger partial charge in [0.25, 0.3) is 0 Å². The van der Waals surface area contributed by atoms with Gasteiger partial charge in [0, 0.05) is 31.9 Å². The second kappa shape index (κ2) is 11.9. The van der Waals surface area contributed by atoms with E-state index in [2.05, 4.69) is 36.6 Å². The zero-order chi connectivity index (χ0) is 17.8. The summed E-state index contributed by atoms with van der Waals surface area (Å²) in [7, 11) is 0. The molecule has 0 saturated heterocycles. The van der Waals surface area contributed by atoms with Crippen LogP contribution in [0, 0.1) is 0 Å². The minimum Gasteiger partial charge on any atom is -0.353 e. The Bertz CT molecular complexity index is 463. The number of hydrogen-bond acceptors (Lipinski definition) is 3. The van der Waals surface area contributed by atoms with Crippen molar-refractivity contribution in [1.82, 2.24) is 5.32 Å². The molecule has 0 bridgehead atoms. The Hall–Kier alpha value is -1.59. The van der Waals surface area contributed by atoms with Crippen molar-refractivity contribution in [3.05, 3.63) is 29.3 Å². The summed E-state index contributed by atoms with van der Waals surface area (Å²) in [5.41, 5.74) is 3.27. The van der Waals surface area contributed by atoms with E-state index in [0.717, 1.165) is 42.5 Å². The van der Waals surface area contributed by atoms with Gasteiger partial charge in [0.15, 0.2) is 6.29 Å².